The highest BCUT2D eigenvalue weighted by Gasteiger charge is 2.07. The molecular weight excluding hydrogens is 276 g/mol. The molecule has 4 heteroatoms. The maximum Gasteiger partial charge on any atom is 0.224 e. The minimum Gasteiger partial charge on any atom is -0.495 e. The number of benzene rings is 2. The largest absolute Gasteiger partial charge is 0.495 e. The summed E-state index contributed by atoms with van der Waals surface area (Å²) in [4.78, 5) is 12.1. The number of carbonyl (C=O) groups is 1. The molecule has 0 aliphatic carbocycles. The van der Waals surface area contributed by atoms with Crippen LogP contribution in [0, 0.1) is 13.8 Å². The van der Waals surface area contributed by atoms with Gasteiger partial charge in [0.25, 0.3) is 0 Å². The Balaban J connectivity index is 1.94. The zero-order chi connectivity index (χ0) is 16.1. The van der Waals surface area contributed by atoms with Gasteiger partial charge in [0.05, 0.1) is 12.8 Å². The summed E-state index contributed by atoms with van der Waals surface area (Å²) in [7, 11) is 1.59. The van der Waals surface area contributed by atoms with Crippen molar-refractivity contribution >= 4 is 17.3 Å². The van der Waals surface area contributed by atoms with Gasteiger partial charge in [-0.15, -0.1) is 0 Å². The third-order valence-electron chi connectivity index (χ3n) is 3.59. The van der Waals surface area contributed by atoms with Crippen LogP contribution in [0.2, 0.25) is 0 Å². The van der Waals surface area contributed by atoms with Crippen molar-refractivity contribution in [3.8, 4) is 5.75 Å². The van der Waals surface area contributed by atoms with Gasteiger partial charge in [-0.2, -0.15) is 0 Å². The quantitative estimate of drug-likeness (QED) is 0.831. The number of anilines is 2. The highest BCUT2D eigenvalue weighted by Crippen LogP contribution is 2.22. The highest BCUT2D eigenvalue weighted by atomic mass is 16.5. The van der Waals surface area contributed by atoms with E-state index in [0.29, 0.717) is 24.3 Å². The number of hydrogen-bond donors (Lipinski definition) is 2. The van der Waals surface area contributed by atoms with Gasteiger partial charge in [-0.25, -0.2) is 0 Å². The van der Waals surface area contributed by atoms with E-state index in [1.54, 1.807) is 7.11 Å². The Kier molecular flexibility index (Phi) is 5.04. The molecule has 0 bridgehead atoms. The molecule has 0 aliphatic rings. The second-order valence-corrected chi connectivity index (χ2v) is 5.44. The van der Waals surface area contributed by atoms with Crippen molar-refractivity contribution in [2.24, 2.45) is 0 Å². The van der Waals surface area contributed by atoms with E-state index >= 15 is 0 Å². The summed E-state index contributed by atoms with van der Waals surface area (Å²) >= 11 is 0. The zero-order valence-electron chi connectivity index (χ0n) is 13.3. The molecule has 4 nitrogen and oxygen atoms in total. The van der Waals surface area contributed by atoms with Gasteiger partial charge >= 0.3 is 0 Å². The molecule has 116 valence electrons. The Labute approximate surface area is 131 Å². The standard InChI is InChI=1S/C18H22N2O2/c1-12-4-7-16(13(2)10-12)20-18(21)9-6-14-5-8-17(22-3)15(19)11-14/h4-5,7-8,10-11H,6,9,19H2,1-3H3,(H,20,21). The lowest BCUT2D eigenvalue weighted by Gasteiger charge is -2.10. The number of nitrogen functional groups attached to an aromatic ring is 1. The van der Waals surface area contributed by atoms with Crippen molar-refractivity contribution in [3.63, 3.8) is 0 Å². The molecule has 3 N–H and O–H groups in total. The van der Waals surface area contributed by atoms with Crippen molar-refractivity contribution in [1.82, 2.24) is 0 Å². The molecule has 0 atom stereocenters. The lowest BCUT2D eigenvalue weighted by molar-refractivity contribution is -0.116. The first-order chi connectivity index (χ1) is 10.5. The Bertz CT molecular complexity index is 681. The fourth-order valence-corrected chi connectivity index (χ4v) is 2.36. The van der Waals surface area contributed by atoms with Gasteiger partial charge < -0.3 is 15.8 Å². The first kappa shape index (κ1) is 15.9. The normalized spacial score (nSPS) is 10.3. The number of nitrogens with two attached hydrogens (primary N) is 1. The van der Waals surface area contributed by atoms with Gasteiger partial charge in [-0.05, 0) is 49.6 Å². The average molecular weight is 298 g/mol. The van der Waals surface area contributed by atoms with E-state index in [1.165, 1.54) is 5.56 Å². The number of aryl methyl sites for hydroxylation is 3. The molecule has 0 heterocycles. The summed E-state index contributed by atoms with van der Waals surface area (Å²) in [5.74, 6) is 0.657. The van der Waals surface area contributed by atoms with E-state index in [9.17, 15) is 4.79 Å². The zero-order valence-corrected chi connectivity index (χ0v) is 13.3. The fourth-order valence-electron chi connectivity index (χ4n) is 2.36. The van der Waals surface area contributed by atoms with Gasteiger partial charge in [0, 0.05) is 12.1 Å². The monoisotopic (exact) mass is 298 g/mol. The van der Waals surface area contributed by atoms with Crippen LogP contribution in [-0.2, 0) is 11.2 Å². The van der Waals surface area contributed by atoms with Crippen LogP contribution < -0.4 is 15.8 Å². The van der Waals surface area contributed by atoms with E-state index in [0.717, 1.165) is 16.8 Å². The van der Waals surface area contributed by atoms with E-state index in [4.69, 9.17) is 10.5 Å². The number of rotatable bonds is 5. The van der Waals surface area contributed by atoms with Crippen molar-refractivity contribution in [1.29, 1.82) is 0 Å². The topological polar surface area (TPSA) is 64.3 Å². The Hall–Kier alpha value is -2.49. The van der Waals surface area contributed by atoms with E-state index in [-0.39, 0.29) is 5.91 Å². The molecule has 0 unspecified atom stereocenters. The SMILES string of the molecule is COc1ccc(CCC(=O)Nc2ccc(C)cc2C)cc1N. The number of hydrogen-bond acceptors (Lipinski definition) is 3. The van der Waals surface area contributed by atoms with Crippen LogP contribution >= 0.6 is 0 Å². The van der Waals surface area contributed by atoms with Crippen LogP contribution in [0.5, 0.6) is 5.75 Å². The average Bonchev–Trinajstić information content (AvgIpc) is 2.48. The molecule has 2 aromatic carbocycles. The van der Waals surface area contributed by atoms with Crippen LogP contribution in [0.1, 0.15) is 23.1 Å². The molecule has 0 radical (unpaired) electrons. The van der Waals surface area contributed by atoms with Gasteiger partial charge in [0.15, 0.2) is 0 Å². The molecule has 0 spiro atoms. The minimum absolute atomic E-state index is 0.00124. The molecule has 22 heavy (non-hydrogen) atoms. The summed E-state index contributed by atoms with van der Waals surface area (Å²) < 4.78 is 5.12. The maximum atomic E-state index is 12.1. The second-order valence-electron chi connectivity index (χ2n) is 5.44. The maximum absolute atomic E-state index is 12.1. The van der Waals surface area contributed by atoms with Crippen LogP contribution in [0.4, 0.5) is 11.4 Å². The van der Waals surface area contributed by atoms with Gasteiger partial charge in [-0.1, -0.05) is 23.8 Å². The van der Waals surface area contributed by atoms with Crippen molar-refractivity contribution < 1.29 is 9.53 Å². The fraction of sp³-hybridized carbons (Fsp3) is 0.278. The van der Waals surface area contributed by atoms with Gasteiger partial charge in [-0.3, -0.25) is 4.79 Å². The van der Waals surface area contributed by atoms with Gasteiger partial charge in [0.2, 0.25) is 5.91 Å². The summed E-state index contributed by atoms with van der Waals surface area (Å²) in [5, 5.41) is 2.95. The lowest BCUT2D eigenvalue weighted by Crippen LogP contribution is -2.13. The molecule has 2 rings (SSSR count). The predicted octanol–water partition coefficient (Wildman–Crippen LogP) is 3.47. The Morgan fingerprint density at radius 2 is 1.95 bits per heavy atom. The molecule has 2 aromatic rings. The van der Waals surface area contributed by atoms with Crippen LogP contribution in [0.25, 0.3) is 0 Å². The lowest BCUT2D eigenvalue weighted by atomic mass is 10.1. The number of amides is 1. The van der Waals surface area contributed by atoms with Crippen molar-refractivity contribution in [2.75, 3.05) is 18.2 Å². The molecule has 0 saturated heterocycles. The highest BCUT2D eigenvalue weighted by molar-refractivity contribution is 5.91. The molecule has 0 fully saturated rings. The molecule has 0 saturated carbocycles. The molecule has 1 amide bonds. The molecule has 0 aromatic heterocycles. The molecular formula is C18H22N2O2. The summed E-state index contributed by atoms with van der Waals surface area (Å²) in [6, 6.07) is 11.6. The summed E-state index contributed by atoms with van der Waals surface area (Å²) in [6.45, 7) is 4.03. The third-order valence-corrected chi connectivity index (χ3v) is 3.59. The van der Waals surface area contributed by atoms with Crippen molar-refractivity contribution in [2.45, 2.75) is 26.7 Å². The number of carbonyl (C=O) groups excluding carboxylic acids is 1. The van der Waals surface area contributed by atoms with E-state index < -0.39 is 0 Å². The number of nitrogens with one attached hydrogen (secondary N) is 1. The third kappa shape index (κ3) is 4.01. The summed E-state index contributed by atoms with van der Waals surface area (Å²) in [5.41, 5.74) is 10.6. The Morgan fingerprint density at radius 1 is 1.18 bits per heavy atom. The smallest absolute Gasteiger partial charge is 0.224 e. The Morgan fingerprint density at radius 3 is 2.59 bits per heavy atom. The first-order valence-corrected chi connectivity index (χ1v) is 7.29. The van der Waals surface area contributed by atoms with Crippen LogP contribution in [-0.4, -0.2) is 13.0 Å². The minimum atomic E-state index is 0.00124. The predicted molar refractivity (Wildman–Crippen MR) is 90.3 cm³/mol. The first-order valence-electron chi connectivity index (χ1n) is 7.29. The van der Waals surface area contributed by atoms with E-state index in [2.05, 4.69) is 11.4 Å². The van der Waals surface area contributed by atoms with E-state index in [1.807, 2.05) is 44.2 Å². The van der Waals surface area contributed by atoms with Crippen LogP contribution in [0.15, 0.2) is 36.4 Å². The van der Waals surface area contributed by atoms with Crippen LogP contribution in [0.3, 0.4) is 0 Å². The summed E-state index contributed by atoms with van der Waals surface area (Å²) in [6.07, 6.45) is 1.06. The second kappa shape index (κ2) is 6.98. The number of ether oxygens (including phenoxy) is 1. The van der Waals surface area contributed by atoms with Gasteiger partial charge in [0.1, 0.15) is 5.75 Å². The molecule has 0 aliphatic heterocycles. The number of methoxy groups -OCH3 is 1. The van der Waals surface area contributed by atoms with Crippen molar-refractivity contribution in [3.05, 3.63) is 53.1 Å².